The quantitative estimate of drug-likeness (QED) is 0.798. The molecule has 1 saturated heterocycles. The highest BCUT2D eigenvalue weighted by atomic mass is 19.2. The maximum Gasteiger partial charge on any atom is 0.202 e. The average molecular weight is 311 g/mol. The molecular formula is C16H19F2NO3. The molecular weight excluding hydrogens is 292 g/mol. The summed E-state index contributed by atoms with van der Waals surface area (Å²) in [6, 6.07) is 3.06. The van der Waals surface area contributed by atoms with Gasteiger partial charge in [-0.05, 0) is 25.0 Å². The van der Waals surface area contributed by atoms with Gasteiger partial charge in [-0.15, -0.1) is 0 Å². The van der Waals surface area contributed by atoms with E-state index in [0.29, 0.717) is 32.1 Å². The van der Waals surface area contributed by atoms with Crippen molar-refractivity contribution < 1.29 is 23.0 Å². The van der Waals surface area contributed by atoms with Gasteiger partial charge in [-0.2, -0.15) is 4.39 Å². The molecule has 1 saturated carbocycles. The van der Waals surface area contributed by atoms with Gasteiger partial charge in [0.2, 0.25) is 5.82 Å². The standard InChI is InChI=1S/C16H19F2NO3/c17-12-1-2-13-15(14(12)18)20-8-7-19(13)11-3-5-16(6-4-11)21-9-10-22-16/h1-2,11H,3-10H2. The molecule has 0 bridgehead atoms. The maximum absolute atomic E-state index is 13.9. The molecule has 3 aliphatic rings. The second kappa shape index (κ2) is 5.35. The zero-order chi connectivity index (χ0) is 15.2. The molecule has 4 rings (SSSR count). The summed E-state index contributed by atoms with van der Waals surface area (Å²) in [5.74, 6) is -2.12. The van der Waals surface area contributed by atoms with Gasteiger partial charge in [0.05, 0.1) is 25.4 Å². The van der Waals surface area contributed by atoms with E-state index in [1.165, 1.54) is 6.07 Å². The Hall–Kier alpha value is -1.40. The summed E-state index contributed by atoms with van der Waals surface area (Å²) in [6.07, 6.45) is 3.51. The number of hydrogen-bond donors (Lipinski definition) is 0. The van der Waals surface area contributed by atoms with Crippen LogP contribution >= 0.6 is 0 Å². The van der Waals surface area contributed by atoms with Crippen molar-refractivity contribution in [3.8, 4) is 5.75 Å². The van der Waals surface area contributed by atoms with Crippen LogP contribution < -0.4 is 9.64 Å². The van der Waals surface area contributed by atoms with Gasteiger partial charge < -0.3 is 19.1 Å². The van der Waals surface area contributed by atoms with Gasteiger partial charge in [-0.1, -0.05) is 0 Å². The largest absolute Gasteiger partial charge is 0.486 e. The zero-order valence-electron chi connectivity index (χ0n) is 12.3. The number of nitrogens with zero attached hydrogens (tertiary/aromatic N) is 1. The minimum absolute atomic E-state index is 0.0416. The van der Waals surface area contributed by atoms with Gasteiger partial charge in [0.1, 0.15) is 6.61 Å². The lowest BCUT2D eigenvalue weighted by Crippen LogP contribution is -2.47. The lowest BCUT2D eigenvalue weighted by atomic mass is 9.88. The van der Waals surface area contributed by atoms with E-state index >= 15 is 0 Å². The molecule has 1 spiro atoms. The average Bonchev–Trinajstić information content (AvgIpc) is 3.00. The fourth-order valence-corrected chi connectivity index (χ4v) is 3.77. The third-order valence-corrected chi connectivity index (χ3v) is 4.89. The van der Waals surface area contributed by atoms with Crippen LogP contribution in [-0.4, -0.2) is 38.2 Å². The monoisotopic (exact) mass is 311 g/mol. The molecule has 1 aromatic carbocycles. The van der Waals surface area contributed by atoms with E-state index in [2.05, 4.69) is 4.90 Å². The number of halogens is 2. The van der Waals surface area contributed by atoms with Crippen LogP contribution in [0.2, 0.25) is 0 Å². The minimum Gasteiger partial charge on any atom is -0.486 e. The summed E-state index contributed by atoms with van der Waals surface area (Å²) >= 11 is 0. The van der Waals surface area contributed by atoms with Crippen LogP contribution in [0.5, 0.6) is 5.75 Å². The molecule has 0 atom stereocenters. The van der Waals surface area contributed by atoms with Gasteiger partial charge in [-0.25, -0.2) is 4.39 Å². The molecule has 0 radical (unpaired) electrons. The normalized spacial score (nSPS) is 24.4. The first kappa shape index (κ1) is 14.2. The van der Waals surface area contributed by atoms with Crippen LogP contribution in [0.3, 0.4) is 0 Å². The molecule has 120 valence electrons. The van der Waals surface area contributed by atoms with E-state index in [1.54, 1.807) is 6.07 Å². The molecule has 0 aromatic heterocycles. The maximum atomic E-state index is 13.9. The molecule has 0 N–H and O–H groups in total. The summed E-state index contributed by atoms with van der Waals surface area (Å²) in [7, 11) is 0. The summed E-state index contributed by atoms with van der Waals surface area (Å²) in [5.41, 5.74) is 0.652. The van der Waals surface area contributed by atoms with Crippen LogP contribution in [0.25, 0.3) is 0 Å². The Bertz CT molecular complexity index is 565. The number of hydrogen-bond acceptors (Lipinski definition) is 4. The van der Waals surface area contributed by atoms with E-state index < -0.39 is 17.4 Å². The summed E-state index contributed by atoms with van der Waals surface area (Å²) in [4.78, 5) is 2.14. The number of anilines is 1. The van der Waals surface area contributed by atoms with E-state index in [1.807, 2.05) is 0 Å². The van der Waals surface area contributed by atoms with Crippen molar-refractivity contribution >= 4 is 5.69 Å². The minimum atomic E-state index is -0.892. The Labute approximate surface area is 127 Å². The first-order chi connectivity index (χ1) is 10.7. The fraction of sp³-hybridized carbons (Fsp3) is 0.625. The highest BCUT2D eigenvalue weighted by Gasteiger charge is 2.42. The van der Waals surface area contributed by atoms with Crippen LogP contribution in [0.15, 0.2) is 12.1 Å². The molecule has 4 nitrogen and oxygen atoms in total. The van der Waals surface area contributed by atoms with Crippen molar-refractivity contribution in [2.24, 2.45) is 0 Å². The second-order valence-corrected chi connectivity index (χ2v) is 6.09. The molecule has 22 heavy (non-hydrogen) atoms. The van der Waals surface area contributed by atoms with Crippen LogP contribution in [-0.2, 0) is 9.47 Å². The number of fused-ring (bicyclic) bond motifs is 1. The predicted octanol–water partition coefficient (Wildman–Crippen LogP) is 2.85. The molecule has 6 heteroatoms. The molecule has 2 heterocycles. The van der Waals surface area contributed by atoms with Crippen LogP contribution in [0.4, 0.5) is 14.5 Å². The molecule has 0 unspecified atom stereocenters. The van der Waals surface area contributed by atoms with Crippen molar-refractivity contribution in [3.05, 3.63) is 23.8 Å². The Balaban J connectivity index is 1.54. The number of ether oxygens (including phenoxy) is 3. The van der Waals surface area contributed by atoms with E-state index in [0.717, 1.165) is 25.7 Å². The molecule has 2 fully saturated rings. The molecule has 1 aromatic rings. The molecule has 2 aliphatic heterocycles. The fourth-order valence-electron chi connectivity index (χ4n) is 3.77. The highest BCUT2D eigenvalue weighted by Crippen LogP contribution is 2.42. The van der Waals surface area contributed by atoms with Gasteiger partial charge >= 0.3 is 0 Å². The van der Waals surface area contributed by atoms with Gasteiger partial charge in [0.25, 0.3) is 0 Å². The third-order valence-electron chi connectivity index (χ3n) is 4.89. The summed E-state index contributed by atoms with van der Waals surface area (Å²) in [6.45, 7) is 2.39. The summed E-state index contributed by atoms with van der Waals surface area (Å²) in [5, 5.41) is 0. The van der Waals surface area contributed by atoms with Crippen LogP contribution in [0.1, 0.15) is 25.7 Å². The zero-order valence-corrected chi connectivity index (χ0v) is 12.3. The lowest BCUT2D eigenvalue weighted by molar-refractivity contribution is -0.178. The number of rotatable bonds is 1. The van der Waals surface area contributed by atoms with E-state index in [9.17, 15) is 8.78 Å². The van der Waals surface area contributed by atoms with Crippen molar-refractivity contribution in [2.75, 3.05) is 31.3 Å². The Morgan fingerprint density at radius 1 is 1.05 bits per heavy atom. The van der Waals surface area contributed by atoms with Crippen molar-refractivity contribution in [3.63, 3.8) is 0 Å². The lowest BCUT2D eigenvalue weighted by Gasteiger charge is -2.43. The van der Waals surface area contributed by atoms with E-state index in [4.69, 9.17) is 14.2 Å². The first-order valence-electron chi connectivity index (χ1n) is 7.84. The molecule has 0 amide bonds. The number of benzene rings is 1. The summed E-state index contributed by atoms with van der Waals surface area (Å²) < 4.78 is 44.1. The van der Waals surface area contributed by atoms with Crippen molar-refractivity contribution in [2.45, 2.75) is 37.5 Å². The van der Waals surface area contributed by atoms with Crippen molar-refractivity contribution in [1.29, 1.82) is 0 Å². The third kappa shape index (κ3) is 2.25. The Morgan fingerprint density at radius 2 is 1.77 bits per heavy atom. The van der Waals surface area contributed by atoms with E-state index in [-0.39, 0.29) is 11.8 Å². The second-order valence-electron chi connectivity index (χ2n) is 6.09. The van der Waals surface area contributed by atoms with Gasteiger partial charge in [0, 0.05) is 18.9 Å². The molecule has 1 aliphatic carbocycles. The topological polar surface area (TPSA) is 30.9 Å². The first-order valence-corrected chi connectivity index (χ1v) is 7.84. The predicted molar refractivity (Wildman–Crippen MR) is 76.1 cm³/mol. The highest BCUT2D eigenvalue weighted by molar-refractivity contribution is 5.61. The van der Waals surface area contributed by atoms with Crippen LogP contribution in [0, 0.1) is 11.6 Å². The SMILES string of the molecule is Fc1ccc2c(c1F)OCCN2C1CCC2(CC1)OCCO2. The van der Waals surface area contributed by atoms with Gasteiger partial charge in [0.15, 0.2) is 17.4 Å². The smallest absolute Gasteiger partial charge is 0.202 e. The van der Waals surface area contributed by atoms with Gasteiger partial charge in [-0.3, -0.25) is 0 Å². The Kier molecular flexibility index (Phi) is 3.46. The Morgan fingerprint density at radius 3 is 2.50 bits per heavy atom. The van der Waals surface area contributed by atoms with Crippen molar-refractivity contribution in [1.82, 2.24) is 0 Å².